The number of amides is 2. The van der Waals surface area contributed by atoms with Crippen LogP contribution in [0.1, 0.15) is 19.8 Å². The van der Waals surface area contributed by atoms with E-state index in [1.54, 1.807) is 23.2 Å². The summed E-state index contributed by atoms with van der Waals surface area (Å²) in [5.74, 6) is -0.911. The number of rotatable bonds is 7. The molecule has 1 aliphatic heterocycles. The average Bonchev–Trinajstić information content (AvgIpc) is 2.99. The predicted molar refractivity (Wildman–Crippen MR) is 105 cm³/mol. The molecule has 0 saturated heterocycles. The molecule has 1 aromatic rings. The molecule has 1 heterocycles. The summed E-state index contributed by atoms with van der Waals surface area (Å²) in [6.07, 6.45) is -0.307. The highest BCUT2D eigenvalue weighted by Crippen LogP contribution is 2.29. The topological polar surface area (TPSA) is 120 Å². The van der Waals surface area contributed by atoms with Crippen molar-refractivity contribution in [1.82, 2.24) is 10.6 Å². The minimum atomic E-state index is -1.24. The van der Waals surface area contributed by atoms with Crippen molar-refractivity contribution in [3.05, 3.63) is 28.2 Å². The Morgan fingerprint density at radius 3 is 2.75 bits per heavy atom. The molecule has 2 amide bonds. The number of aliphatic carboxylic acids is 1. The number of alkyl carbamates (subject to hydrolysis) is 1. The highest BCUT2D eigenvalue weighted by Gasteiger charge is 2.25. The maximum Gasteiger partial charge on any atom is 0.407 e. The molecule has 1 aliphatic rings. The van der Waals surface area contributed by atoms with Crippen LogP contribution in [0.15, 0.2) is 23.3 Å². The number of carbonyl (C=O) groups excluding carboxylic acids is 2. The Labute approximate surface area is 171 Å². The van der Waals surface area contributed by atoms with Crippen LogP contribution < -0.4 is 15.6 Å². The van der Waals surface area contributed by atoms with Crippen molar-refractivity contribution >= 4 is 52.7 Å². The molecular formula is C17H20Cl2N4O5. The smallest absolute Gasteiger partial charge is 0.407 e. The fourth-order valence-electron chi connectivity index (χ4n) is 2.40. The van der Waals surface area contributed by atoms with E-state index in [1.807, 2.05) is 6.92 Å². The molecule has 1 aromatic carbocycles. The fraction of sp³-hybridized carbons (Fsp3) is 0.412. The number of anilines is 1. The van der Waals surface area contributed by atoms with Crippen molar-refractivity contribution < 1.29 is 24.2 Å². The number of hydrogen-bond acceptors (Lipinski definition) is 6. The summed E-state index contributed by atoms with van der Waals surface area (Å²) in [4.78, 5) is 33.5. The van der Waals surface area contributed by atoms with Gasteiger partial charge in [-0.05, 0) is 24.6 Å². The van der Waals surface area contributed by atoms with Crippen LogP contribution in [0.3, 0.4) is 0 Å². The van der Waals surface area contributed by atoms with Gasteiger partial charge in [-0.25, -0.2) is 9.59 Å². The van der Waals surface area contributed by atoms with Gasteiger partial charge in [-0.2, -0.15) is 5.10 Å². The van der Waals surface area contributed by atoms with Crippen LogP contribution in [0, 0.1) is 5.92 Å². The Morgan fingerprint density at radius 1 is 1.32 bits per heavy atom. The van der Waals surface area contributed by atoms with E-state index in [9.17, 15) is 14.4 Å². The molecule has 152 valence electrons. The summed E-state index contributed by atoms with van der Waals surface area (Å²) in [6.45, 7) is 2.00. The van der Waals surface area contributed by atoms with Crippen LogP contribution >= 0.6 is 23.2 Å². The van der Waals surface area contributed by atoms with E-state index in [-0.39, 0.29) is 24.8 Å². The van der Waals surface area contributed by atoms with Gasteiger partial charge in [-0.3, -0.25) is 9.80 Å². The number of nitrogens with one attached hydrogen (secondary N) is 2. The summed E-state index contributed by atoms with van der Waals surface area (Å²) in [6, 6.07) is 5.19. The minimum absolute atomic E-state index is 0.0162. The Hall–Kier alpha value is -2.52. The number of hydrogen-bond donors (Lipinski definition) is 3. The third-order valence-corrected chi connectivity index (χ3v) is 4.53. The molecular weight excluding hydrogens is 411 g/mol. The number of carboxylic acid groups (broad SMARTS) is 1. The molecule has 0 spiro atoms. The molecule has 1 unspecified atom stereocenters. The van der Waals surface area contributed by atoms with Crippen LogP contribution in [0.2, 0.25) is 10.0 Å². The average molecular weight is 431 g/mol. The van der Waals surface area contributed by atoms with Crippen LogP contribution in [-0.4, -0.2) is 48.6 Å². The first-order chi connectivity index (χ1) is 13.3. The number of carbonyl (C=O) groups is 3. The van der Waals surface area contributed by atoms with E-state index in [0.29, 0.717) is 28.8 Å². The molecule has 0 aliphatic carbocycles. The van der Waals surface area contributed by atoms with E-state index >= 15 is 0 Å². The van der Waals surface area contributed by atoms with Gasteiger partial charge >= 0.3 is 12.1 Å². The maximum atomic E-state index is 12.1. The fourth-order valence-corrected chi connectivity index (χ4v) is 2.69. The van der Waals surface area contributed by atoms with Gasteiger partial charge < -0.3 is 20.5 Å². The maximum absolute atomic E-state index is 12.1. The van der Waals surface area contributed by atoms with Gasteiger partial charge in [0.25, 0.3) is 0 Å². The third kappa shape index (κ3) is 6.58. The van der Waals surface area contributed by atoms with Crippen LogP contribution in [0.25, 0.3) is 0 Å². The summed E-state index contributed by atoms with van der Waals surface area (Å²) >= 11 is 12.0. The largest absolute Gasteiger partial charge is 0.479 e. The van der Waals surface area contributed by atoms with Crippen molar-refractivity contribution in [2.24, 2.45) is 11.0 Å². The van der Waals surface area contributed by atoms with E-state index in [2.05, 4.69) is 20.5 Å². The number of amidine groups is 1. The number of benzene rings is 1. The van der Waals surface area contributed by atoms with Crippen molar-refractivity contribution in [1.29, 1.82) is 0 Å². The normalized spacial score (nSPS) is 15.8. The van der Waals surface area contributed by atoms with Gasteiger partial charge in [-0.15, -0.1) is 0 Å². The number of ether oxygens (including phenoxy) is 1. The minimum Gasteiger partial charge on any atom is -0.479 e. The molecule has 0 aromatic heterocycles. The van der Waals surface area contributed by atoms with Gasteiger partial charge in [0.1, 0.15) is 5.84 Å². The lowest BCUT2D eigenvalue weighted by molar-refractivity contribution is -0.140. The van der Waals surface area contributed by atoms with Gasteiger partial charge in [-0.1, -0.05) is 30.1 Å². The molecule has 0 bridgehead atoms. The first kappa shape index (κ1) is 21.8. The second-order valence-electron chi connectivity index (χ2n) is 6.12. The number of carboxylic acids is 1. The van der Waals surface area contributed by atoms with Gasteiger partial charge in [0.05, 0.1) is 22.3 Å². The Bertz CT molecular complexity index is 787. The third-order valence-electron chi connectivity index (χ3n) is 3.79. The second kappa shape index (κ2) is 10.1. The van der Waals surface area contributed by atoms with Crippen LogP contribution in [-0.2, 0) is 14.3 Å². The van der Waals surface area contributed by atoms with E-state index < -0.39 is 18.7 Å². The van der Waals surface area contributed by atoms with E-state index in [0.717, 1.165) is 5.69 Å². The molecule has 0 radical (unpaired) electrons. The van der Waals surface area contributed by atoms with Crippen molar-refractivity contribution in [3.8, 4) is 0 Å². The zero-order chi connectivity index (χ0) is 20.7. The molecule has 11 heteroatoms. The van der Waals surface area contributed by atoms with E-state index in [1.165, 1.54) is 0 Å². The molecule has 9 nitrogen and oxygen atoms in total. The first-order valence-electron chi connectivity index (χ1n) is 8.49. The molecule has 0 saturated carbocycles. The Kier molecular flexibility index (Phi) is 7.89. The molecule has 3 N–H and O–H groups in total. The summed E-state index contributed by atoms with van der Waals surface area (Å²) in [5.41, 5.74) is 0.773. The lowest BCUT2D eigenvalue weighted by Gasteiger charge is -2.14. The molecule has 1 atom stereocenters. The van der Waals surface area contributed by atoms with Crippen LogP contribution in [0.5, 0.6) is 0 Å². The van der Waals surface area contributed by atoms with E-state index in [4.69, 9.17) is 28.3 Å². The van der Waals surface area contributed by atoms with Crippen LogP contribution in [0.4, 0.5) is 10.5 Å². The molecule has 0 fully saturated rings. The standard InChI is InChI=1S/C17H20Cl2N4O5/c1-10-8-23(11-4-5-12(18)13(19)7-11)22-16(10)21-14(24)3-2-6-20-17(27)28-9-15(25)26/h4-5,7,10H,2-3,6,8-9H2,1H3,(H,20,27)(H,25,26)(H,21,22,24). The van der Waals surface area contributed by atoms with Gasteiger partial charge in [0.15, 0.2) is 6.61 Å². The van der Waals surface area contributed by atoms with Crippen molar-refractivity contribution in [3.63, 3.8) is 0 Å². The molecule has 28 heavy (non-hydrogen) atoms. The number of nitrogens with zero attached hydrogens (tertiary/aromatic N) is 2. The summed E-state index contributed by atoms with van der Waals surface area (Å²) < 4.78 is 4.41. The van der Waals surface area contributed by atoms with Gasteiger partial charge in [0.2, 0.25) is 5.91 Å². The zero-order valence-electron chi connectivity index (χ0n) is 15.1. The quantitative estimate of drug-likeness (QED) is 0.571. The van der Waals surface area contributed by atoms with Crippen molar-refractivity contribution in [2.75, 3.05) is 24.7 Å². The monoisotopic (exact) mass is 430 g/mol. The highest BCUT2D eigenvalue weighted by atomic mass is 35.5. The first-order valence-corrected chi connectivity index (χ1v) is 9.25. The lowest BCUT2D eigenvalue weighted by atomic mass is 10.1. The highest BCUT2D eigenvalue weighted by molar-refractivity contribution is 6.42. The SMILES string of the molecule is CC1CN(c2ccc(Cl)c(Cl)c2)N=C1NC(=O)CCCNC(=O)OCC(=O)O. The Morgan fingerprint density at radius 2 is 2.07 bits per heavy atom. The lowest BCUT2D eigenvalue weighted by Crippen LogP contribution is -2.34. The number of halogens is 2. The van der Waals surface area contributed by atoms with Crippen molar-refractivity contribution in [2.45, 2.75) is 19.8 Å². The zero-order valence-corrected chi connectivity index (χ0v) is 16.6. The number of hydrazone groups is 1. The predicted octanol–water partition coefficient (Wildman–Crippen LogP) is 2.47. The summed E-state index contributed by atoms with van der Waals surface area (Å²) in [7, 11) is 0. The summed E-state index contributed by atoms with van der Waals surface area (Å²) in [5, 5.41) is 20.6. The van der Waals surface area contributed by atoms with Gasteiger partial charge in [0, 0.05) is 18.9 Å². The second-order valence-corrected chi connectivity index (χ2v) is 6.93. The molecule has 2 rings (SSSR count). The Balaban J connectivity index is 1.77.